The number of likely N-dealkylation sites (tertiary alicyclic amines) is 1. The topological polar surface area (TPSA) is 57.6 Å². The molecular weight excluding hydrogens is 254 g/mol. The van der Waals surface area contributed by atoms with Crippen molar-refractivity contribution in [3.05, 3.63) is 35.9 Å². The number of benzene rings is 1. The van der Waals surface area contributed by atoms with Crippen LogP contribution in [0.5, 0.6) is 0 Å². The smallest absolute Gasteiger partial charge is 0.326 e. The first-order valence-electron chi connectivity index (χ1n) is 7.17. The number of rotatable bonds is 4. The molecule has 1 aromatic carbocycles. The van der Waals surface area contributed by atoms with Crippen LogP contribution in [0.4, 0.5) is 0 Å². The molecule has 2 atom stereocenters. The number of carbonyl (C=O) groups is 2. The SMILES string of the molecule is CC(CC(=O)N1CCCCC1C(=O)O)c1ccccc1. The first-order chi connectivity index (χ1) is 9.59. The molecule has 1 fully saturated rings. The first-order valence-corrected chi connectivity index (χ1v) is 7.17. The Labute approximate surface area is 119 Å². The minimum absolute atomic E-state index is 0.0477. The van der Waals surface area contributed by atoms with Gasteiger partial charge in [0.2, 0.25) is 5.91 Å². The second kappa shape index (κ2) is 6.55. The monoisotopic (exact) mass is 275 g/mol. The standard InChI is InChI=1S/C16H21NO3/c1-12(13-7-3-2-4-8-13)11-15(18)17-10-6-5-9-14(17)16(19)20/h2-4,7-8,12,14H,5-6,9-11H2,1H3,(H,19,20). The van der Waals surface area contributed by atoms with Crippen LogP contribution in [-0.2, 0) is 9.59 Å². The quantitative estimate of drug-likeness (QED) is 0.919. The Bertz CT molecular complexity index is 472. The van der Waals surface area contributed by atoms with Crippen LogP contribution in [0.2, 0.25) is 0 Å². The van der Waals surface area contributed by atoms with E-state index in [1.54, 1.807) is 4.90 Å². The van der Waals surface area contributed by atoms with E-state index in [1.165, 1.54) is 0 Å². The lowest BCUT2D eigenvalue weighted by atomic mass is 9.95. The molecule has 1 aromatic rings. The molecule has 4 nitrogen and oxygen atoms in total. The normalized spacial score (nSPS) is 20.4. The van der Waals surface area contributed by atoms with Gasteiger partial charge in [-0.05, 0) is 30.7 Å². The van der Waals surface area contributed by atoms with Crippen LogP contribution in [-0.4, -0.2) is 34.5 Å². The highest BCUT2D eigenvalue weighted by Crippen LogP contribution is 2.23. The van der Waals surface area contributed by atoms with Crippen molar-refractivity contribution in [2.24, 2.45) is 0 Å². The molecule has 108 valence electrons. The van der Waals surface area contributed by atoms with Crippen molar-refractivity contribution >= 4 is 11.9 Å². The first kappa shape index (κ1) is 14.6. The Morgan fingerprint density at radius 1 is 1.30 bits per heavy atom. The fourth-order valence-corrected chi connectivity index (χ4v) is 2.77. The Kier molecular flexibility index (Phi) is 4.77. The van der Waals surface area contributed by atoms with Gasteiger partial charge in [-0.15, -0.1) is 0 Å². The maximum Gasteiger partial charge on any atom is 0.326 e. The van der Waals surface area contributed by atoms with Gasteiger partial charge in [0.05, 0.1) is 0 Å². The van der Waals surface area contributed by atoms with E-state index in [0.29, 0.717) is 19.4 Å². The summed E-state index contributed by atoms with van der Waals surface area (Å²) in [6.45, 7) is 2.57. The summed E-state index contributed by atoms with van der Waals surface area (Å²) in [5.41, 5.74) is 1.12. The molecule has 1 aliphatic rings. The number of carbonyl (C=O) groups excluding carboxylic acids is 1. The van der Waals surface area contributed by atoms with Gasteiger partial charge in [0, 0.05) is 13.0 Å². The van der Waals surface area contributed by atoms with E-state index in [0.717, 1.165) is 18.4 Å². The molecule has 4 heteroatoms. The molecule has 1 aliphatic heterocycles. The largest absolute Gasteiger partial charge is 0.480 e. The van der Waals surface area contributed by atoms with Crippen LogP contribution < -0.4 is 0 Å². The molecule has 0 radical (unpaired) electrons. The molecule has 0 aliphatic carbocycles. The van der Waals surface area contributed by atoms with Crippen LogP contribution in [0, 0.1) is 0 Å². The van der Waals surface area contributed by atoms with E-state index in [-0.39, 0.29) is 11.8 Å². The summed E-state index contributed by atoms with van der Waals surface area (Å²) in [6.07, 6.45) is 2.72. The molecule has 0 bridgehead atoms. The summed E-state index contributed by atoms with van der Waals surface area (Å²) in [5, 5.41) is 9.21. The summed E-state index contributed by atoms with van der Waals surface area (Å²) < 4.78 is 0. The Balaban J connectivity index is 2.01. The van der Waals surface area contributed by atoms with E-state index < -0.39 is 12.0 Å². The summed E-state index contributed by atoms with van der Waals surface area (Å²) in [5.74, 6) is -0.820. The van der Waals surface area contributed by atoms with Crippen molar-refractivity contribution in [3.8, 4) is 0 Å². The van der Waals surface area contributed by atoms with Crippen molar-refractivity contribution in [2.75, 3.05) is 6.54 Å². The third kappa shape index (κ3) is 3.38. The van der Waals surface area contributed by atoms with Gasteiger partial charge in [-0.3, -0.25) is 4.79 Å². The zero-order chi connectivity index (χ0) is 14.5. The summed E-state index contributed by atoms with van der Waals surface area (Å²) in [6, 6.07) is 9.22. The van der Waals surface area contributed by atoms with Gasteiger partial charge >= 0.3 is 5.97 Å². The maximum absolute atomic E-state index is 12.4. The van der Waals surface area contributed by atoms with Crippen LogP contribution in [0.15, 0.2) is 30.3 Å². The Morgan fingerprint density at radius 2 is 2.00 bits per heavy atom. The number of carboxylic acids is 1. The molecule has 1 amide bonds. The Hall–Kier alpha value is -1.84. The summed E-state index contributed by atoms with van der Waals surface area (Å²) in [7, 11) is 0. The second-order valence-electron chi connectivity index (χ2n) is 5.45. The van der Waals surface area contributed by atoms with Gasteiger partial charge in [0.15, 0.2) is 0 Å². The van der Waals surface area contributed by atoms with Crippen molar-refractivity contribution in [1.82, 2.24) is 4.90 Å². The molecule has 1 N–H and O–H groups in total. The van der Waals surface area contributed by atoms with E-state index in [9.17, 15) is 14.7 Å². The van der Waals surface area contributed by atoms with Crippen molar-refractivity contribution in [2.45, 2.75) is 44.6 Å². The number of carboxylic acid groups (broad SMARTS) is 1. The molecular formula is C16H21NO3. The van der Waals surface area contributed by atoms with E-state index in [2.05, 4.69) is 0 Å². The molecule has 1 heterocycles. The van der Waals surface area contributed by atoms with Gasteiger partial charge in [0.1, 0.15) is 6.04 Å². The van der Waals surface area contributed by atoms with E-state index in [4.69, 9.17) is 0 Å². The maximum atomic E-state index is 12.4. The highest BCUT2D eigenvalue weighted by atomic mass is 16.4. The second-order valence-corrected chi connectivity index (χ2v) is 5.45. The summed E-state index contributed by atoms with van der Waals surface area (Å²) >= 11 is 0. The molecule has 1 saturated heterocycles. The van der Waals surface area contributed by atoms with Gasteiger partial charge in [-0.2, -0.15) is 0 Å². The number of piperidine rings is 1. The molecule has 2 rings (SSSR count). The van der Waals surface area contributed by atoms with Crippen LogP contribution in [0.1, 0.15) is 44.1 Å². The van der Waals surface area contributed by atoms with Crippen molar-refractivity contribution in [1.29, 1.82) is 0 Å². The fourth-order valence-electron chi connectivity index (χ4n) is 2.77. The fraction of sp³-hybridized carbons (Fsp3) is 0.500. The molecule has 2 unspecified atom stereocenters. The minimum Gasteiger partial charge on any atom is -0.480 e. The molecule has 20 heavy (non-hydrogen) atoms. The average molecular weight is 275 g/mol. The zero-order valence-corrected chi connectivity index (χ0v) is 11.8. The highest BCUT2D eigenvalue weighted by molar-refractivity contribution is 5.84. The number of aliphatic carboxylic acids is 1. The van der Waals surface area contributed by atoms with Crippen molar-refractivity contribution in [3.63, 3.8) is 0 Å². The van der Waals surface area contributed by atoms with Crippen molar-refractivity contribution < 1.29 is 14.7 Å². The third-order valence-corrected chi connectivity index (χ3v) is 3.96. The number of hydrogen-bond acceptors (Lipinski definition) is 2. The van der Waals surface area contributed by atoms with E-state index >= 15 is 0 Å². The highest BCUT2D eigenvalue weighted by Gasteiger charge is 2.32. The number of nitrogens with zero attached hydrogens (tertiary/aromatic N) is 1. The molecule has 0 aromatic heterocycles. The van der Waals surface area contributed by atoms with Crippen LogP contribution in [0.25, 0.3) is 0 Å². The zero-order valence-electron chi connectivity index (χ0n) is 11.8. The van der Waals surface area contributed by atoms with Crippen LogP contribution >= 0.6 is 0 Å². The third-order valence-electron chi connectivity index (χ3n) is 3.96. The number of hydrogen-bond donors (Lipinski definition) is 1. The molecule has 0 spiro atoms. The lowest BCUT2D eigenvalue weighted by Gasteiger charge is -2.33. The van der Waals surface area contributed by atoms with Gasteiger partial charge < -0.3 is 10.0 Å². The van der Waals surface area contributed by atoms with E-state index in [1.807, 2.05) is 37.3 Å². The molecule has 0 saturated carbocycles. The predicted octanol–water partition coefficient (Wildman–Crippen LogP) is 2.65. The van der Waals surface area contributed by atoms with Gasteiger partial charge in [-0.25, -0.2) is 4.79 Å². The summed E-state index contributed by atoms with van der Waals surface area (Å²) in [4.78, 5) is 25.1. The lowest BCUT2D eigenvalue weighted by Crippen LogP contribution is -2.48. The van der Waals surface area contributed by atoms with Gasteiger partial charge in [-0.1, -0.05) is 37.3 Å². The Morgan fingerprint density at radius 3 is 2.65 bits per heavy atom. The average Bonchev–Trinajstić information content (AvgIpc) is 2.48. The van der Waals surface area contributed by atoms with Gasteiger partial charge in [0.25, 0.3) is 0 Å². The lowest BCUT2D eigenvalue weighted by molar-refractivity contribution is -0.152. The number of amides is 1. The predicted molar refractivity (Wildman–Crippen MR) is 76.5 cm³/mol. The van der Waals surface area contributed by atoms with Crippen LogP contribution in [0.3, 0.4) is 0 Å². The minimum atomic E-state index is -0.884.